The monoisotopic (exact) mass is 354 g/mol. The van der Waals surface area contributed by atoms with Crippen molar-refractivity contribution in [2.75, 3.05) is 17.2 Å². The number of carbonyl (C=O) groups excluding carboxylic acids is 1. The second-order valence-corrected chi connectivity index (χ2v) is 5.63. The lowest BCUT2D eigenvalue weighted by Crippen LogP contribution is -2.25. The molecule has 0 aliphatic carbocycles. The maximum atomic E-state index is 13.0. The highest BCUT2D eigenvalue weighted by molar-refractivity contribution is 6.31. The Bertz CT molecular complexity index is 799. The summed E-state index contributed by atoms with van der Waals surface area (Å²) < 4.78 is 34.6. The van der Waals surface area contributed by atoms with Crippen LogP contribution < -0.4 is 20.1 Å². The van der Waals surface area contributed by atoms with Crippen molar-refractivity contribution in [3.8, 4) is 11.5 Å². The van der Waals surface area contributed by atoms with Crippen molar-refractivity contribution in [2.24, 2.45) is 0 Å². The average Bonchev–Trinajstić information content (AvgIpc) is 2.82. The number of rotatable bonds is 4. The largest absolute Gasteiger partial charge is 0.586 e. The average molecular weight is 355 g/mol. The van der Waals surface area contributed by atoms with Gasteiger partial charge in [0.25, 0.3) is 0 Å². The third-order valence-corrected chi connectivity index (χ3v) is 3.56. The molecular formula is C16H13ClF2N2O3. The van der Waals surface area contributed by atoms with Gasteiger partial charge in [-0.2, -0.15) is 0 Å². The molecular weight excluding hydrogens is 342 g/mol. The summed E-state index contributed by atoms with van der Waals surface area (Å²) in [6.45, 7) is 1.79. The number of halogens is 3. The molecule has 3 rings (SSSR count). The van der Waals surface area contributed by atoms with Gasteiger partial charge in [0.15, 0.2) is 11.5 Å². The first kappa shape index (κ1) is 16.3. The molecule has 1 aliphatic rings. The van der Waals surface area contributed by atoms with Crippen LogP contribution in [0.1, 0.15) is 5.56 Å². The number of benzene rings is 2. The molecule has 0 aromatic heterocycles. The molecule has 0 radical (unpaired) electrons. The lowest BCUT2D eigenvalue weighted by atomic mass is 10.2. The Labute approximate surface area is 141 Å². The number of carbonyl (C=O) groups is 1. The van der Waals surface area contributed by atoms with Crippen LogP contribution >= 0.6 is 11.6 Å². The van der Waals surface area contributed by atoms with Crippen LogP contribution in [0.25, 0.3) is 0 Å². The van der Waals surface area contributed by atoms with Gasteiger partial charge in [-0.3, -0.25) is 4.79 Å². The molecule has 0 bridgehead atoms. The molecule has 1 amide bonds. The van der Waals surface area contributed by atoms with Gasteiger partial charge in [0, 0.05) is 22.5 Å². The Hall–Kier alpha value is -2.54. The van der Waals surface area contributed by atoms with E-state index in [0.29, 0.717) is 16.4 Å². The third-order valence-electron chi connectivity index (χ3n) is 3.33. The number of fused-ring (bicyclic) bond motifs is 1. The maximum absolute atomic E-state index is 13.0. The number of aryl methyl sites for hydroxylation is 1. The lowest BCUT2D eigenvalue weighted by Gasteiger charge is -2.10. The molecule has 1 heterocycles. The fourth-order valence-electron chi connectivity index (χ4n) is 2.16. The summed E-state index contributed by atoms with van der Waals surface area (Å²) in [5.41, 5.74) is 1.94. The maximum Gasteiger partial charge on any atom is 0.586 e. The van der Waals surface area contributed by atoms with Crippen LogP contribution in [0.4, 0.5) is 20.2 Å². The highest BCUT2D eigenvalue weighted by Gasteiger charge is 2.43. The van der Waals surface area contributed by atoms with Crippen molar-refractivity contribution in [2.45, 2.75) is 13.2 Å². The summed E-state index contributed by atoms with van der Waals surface area (Å²) in [5, 5.41) is 6.07. The summed E-state index contributed by atoms with van der Waals surface area (Å²) in [7, 11) is 0. The Morgan fingerprint density at radius 2 is 1.92 bits per heavy atom. The predicted octanol–water partition coefficient (Wildman–Crippen LogP) is 4.02. The smallest absolute Gasteiger partial charge is 0.395 e. The van der Waals surface area contributed by atoms with Gasteiger partial charge < -0.3 is 20.1 Å². The number of anilines is 2. The van der Waals surface area contributed by atoms with E-state index < -0.39 is 6.29 Å². The van der Waals surface area contributed by atoms with E-state index in [1.165, 1.54) is 18.2 Å². The van der Waals surface area contributed by atoms with E-state index in [1.54, 1.807) is 18.2 Å². The summed E-state index contributed by atoms with van der Waals surface area (Å²) in [6.07, 6.45) is -3.66. The fraction of sp³-hybridized carbons (Fsp3) is 0.188. The first-order valence-electron chi connectivity index (χ1n) is 7.02. The molecule has 0 saturated carbocycles. The summed E-state index contributed by atoms with van der Waals surface area (Å²) in [6, 6.07) is 9.38. The zero-order chi connectivity index (χ0) is 17.3. The van der Waals surface area contributed by atoms with Crippen molar-refractivity contribution in [1.82, 2.24) is 0 Å². The SMILES string of the molecule is Cc1ccc(Cl)cc1NC(=O)CNc1ccc2c(c1)OC(F)(F)O2. The van der Waals surface area contributed by atoms with Gasteiger partial charge in [-0.1, -0.05) is 17.7 Å². The molecule has 0 saturated heterocycles. The predicted molar refractivity (Wildman–Crippen MR) is 86.0 cm³/mol. The number of ether oxygens (including phenoxy) is 2. The molecule has 2 N–H and O–H groups in total. The van der Waals surface area contributed by atoms with Gasteiger partial charge in [-0.15, -0.1) is 8.78 Å². The van der Waals surface area contributed by atoms with Gasteiger partial charge in [-0.25, -0.2) is 0 Å². The summed E-state index contributed by atoms with van der Waals surface area (Å²) >= 11 is 5.90. The van der Waals surface area contributed by atoms with E-state index in [4.69, 9.17) is 11.6 Å². The van der Waals surface area contributed by atoms with Crippen LogP contribution in [0.5, 0.6) is 11.5 Å². The number of hydrogen-bond acceptors (Lipinski definition) is 4. The number of nitrogens with one attached hydrogen (secondary N) is 2. The molecule has 0 atom stereocenters. The van der Waals surface area contributed by atoms with E-state index >= 15 is 0 Å². The van der Waals surface area contributed by atoms with Gasteiger partial charge in [0.05, 0.1) is 6.54 Å². The van der Waals surface area contributed by atoms with Gasteiger partial charge in [0.1, 0.15) is 0 Å². The van der Waals surface area contributed by atoms with E-state index in [2.05, 4.69) is 20.1 Å². The molecule has 2 aromatic carbocycles. The molecule has 126 valence electrons. The van der Waals surface area contributed by atoms with E-state index in [0.717, 1.165) is 5.56 Å². The van der Waals surface area contributed by atoms with Crippen LogP contribution in [0.2, 0.25) is 5.02 Å². The van der Waals surface area contributed by atoms with Gasteiger partial charge >= 0.3 is 6.29 Å². The number of amides is 1. The van der Waals surface area contributed by atoms with E-state index in [9.17, 15) is 13.6 Å². The molecule has 2 aromatic rings. The highest BCUT2D eigenvalue weighted by atomic mass is 35.5. The van der Waals surface area contributed by atoms with Crippen molar-refractivity contribution in [3.05, 3.63) is 47.0 Å². The van der Waals surface area contributed by atoms with Crippen molar-refractivity contribution in [3.63, 3.8) is 0 Å². The minimum atomic E-state index is -3.66. The molecule has 0 spiro atoms. The molecule has 0 fully saturated rings. The molecule has 5 nitrogen and oxygen atoms in total. The minimum Gasteiger partial charge on any atom is -0.395 e. The van der Waals surface area contributed by atoms with Crippen LogP contribution in [-0.4, -0.2) is 18.7 Å². The standard InChI is InChI=1S/C16H13ClF2N2O3/c1-9-2-3-10(17)6-12(9)21-15(22)8-20-11-4-5-13-14(7-11)24-16(18,19)23-13/h2-7,20H,8H2,1H3,(H,21,22). The van der Waals surface area contributed by atoms with Crippen LogP contribution in [0.3, 0.4) is 0 Å². The Balaban J connectivity index is 1.60. The molecule has 1 aliphatic heterocycles. The van der Waals surface area contributed by atoms with Gasteiger partial charge in [0.2, 0.25) is 5.91 Å². The van der Waals surface area contributed by atoms with Crippen LogP contribution in [-0.2, 0) is 4.79 Å². The van der Waals surface area contributed by atoms with Crippen molar-refractivity contribution < 1.29 is 23.0 Å². The molecule has 24 heavy (non-hydrogen) atoms. The zero-order valence-electron chi connectivity index (χ0n) is 12.5. The Kier molecular flexibility index (Phi) is 4.19. The topological polar surface area (TPSA) is 59.6 Å². The molecule has 0 unspecified atom stereocenters. The first-order valence-corrected chi connectivity index (χ1v) is 7.40. The highest BCUT2D eigenvalue weighted by Crippen LogP contribution is 2.42. The summed E-state index contributed by atoms with van der Waals surface area (Å²) in [4.78, 5) is 12.0. The van der Waals surface area contributed by atoms with Crippen LogP contribution in [0.15, 0.2) is 36.4 Å². The normalized spacial score (nSPS) is 14.3. The summed E-state index contributed by atoms with van der Waals surface area (Å²) in [5.74, 6) is -0.441. The second kappa shape index (κ2) is 6.16. The number of hydrogen-bond donors (Lipinski definition) is 2. The Morgan fingerprint density at radius 3 is 2.71 bits per heavy atom. The zero-order valence-corrected chi connectivity index (χ0v) is 13.3. The fourth-order valence-corrected chi connectivity index (χ4v) is 2.34. The van der Waals surface area contributed by atoms with Crippen LogP contribution in [0, 0.1) is 6.92 Å². The van der Waals surface area contributed by atoms with E-state index in [-0.39, 0.29) is 24.0 Å². The minimum absolute atomic E-state index is 0.0513. The molecule has 8 heteroatoms. The quantitative estimate of drug-likeness (QED) is 0.870. The number of alkyl halides is 2. The van der Waals surface area contributed by atoms with Gasteiger partial charge in [-0.05, 0) is 36.8 Å². The van der Waals surface area contributed by atoms with E-state index in [1.807, 2.05) is 6.92 Å². The van der Waals surface area contributed by atoms with Crippen molar-refractivity contribution >= 4 is 28.9 Å². The second-order valence-electron chi connectivity index (χ2n) is 5.19. The Morgan fingerprint density at radius 1 is 1.17 bits per heavy atom. The lowest BCUT2D eigenvalue weighted by molar-refractivity contribution is -0.286. The van der Waals surface area contributed by atoms with Crippen molar-refractivity contribution in [1.29, 1.82) is 0 Å². The first-order chi connectivity index (χ1) is 11.3. The third kappa shape index (κ3) is 3.68.